The van der Waals surface area contributed by atoms with E-state index in [1.807, 2.05) is 0 Å². The van der Waals surface area contributed by atoms with Gasteiger partial charge in [0.1, 0.15) is 6.61 Å². The van der Waals surface area contributed by atoms with Crippen LogP contribution in [-0.4, -0.2) is 45.3 Å². The van der Waals surface area contributed by atoms with Crippen LogP contribution in [0.25, 0.3) is 0 Å². The highest BCUT2D eigenvalue weighted by Gasteiger charge is 2.57. The van der Waals surface area contributed by atoms with E-state index < -0.39 is 5.41 Å². The molecule has 68 heavy (non-hydrogen) atoms. The van der Waals surface area contributed by atoms with E-state index in [0.29, 0.717) is 18.4 Å². The quantitative estimate of drug-likeness (QED) is 0.0482. The van der Waals surface area contributed by atoms with E-state index in [9.17, 15) is 0 Å². The van der Waals surface area contributed by atoms with E-state index in [1.54, 1.807) is 7.11 Å². The Bertz CT molecular complexity index is 2010. The molecule has 0 saturated heterocycles. The number of nitrogens with zero attached hydrogens (tertiary/aromatic N) is 1. The largest absolute Gasteiger partial charge is 0.463 e. The summed E-state index contributed by atoms with van der Waals surface area (Å²) in [4.78, 5) is 17.4. The van der Waals surface area contributed by atoms with Gasteiger partial charge in [0.25, 0.3) is 0 Å². The minimum Gasteiger partial charge on any atom is -0.463 e. The summed E-state index contributed by atoms with van der Waals surface area (Å²) in [6.07, 6.45) is 5.52. The van der Waals surface area contributed by atoms with Gasteiger partial charge in [-0.2, -0.15) is 0 Å². The average molecular weight is 957 g/mol. The third-order valence-corrected chi connectivity index (χ3v) is 18.9. The monoisotopic (exact) mass is 956 g/mol. The van der Waals surface area contributed by atoms with Crippen LogP contribution in [0.5, 0.6) is 0 Å². The zero-order chi connectivity index (χ0) is 51.9. The number of rotatable bonds is 25. The lowest BCUT2D eigenvalue weighted by atomic mass is 9.47. The Balaban J connectivity index is 2.27. The molecule has 0 N–H and O–H groups in total. The average Bonchev–Trinajstić information content (AvgIpc) is 3.25. The van der Waals surface area contributed by atoms with E-state index in [4.69, 9.17) is 21.1 Å². The molecule has 0 aliphatic rings. The first-order valence-electron chi connectivity index (χ1n) is 26.3. The molecule has 0 saturated carbocycles. The van der Waals surface area contributed by atoms with Crippen molar-refractivity contribution in [2.24, 2.45) is 49.2 Å². The Morgan fingerprint density at radius 3 is 1.57 bits per heavy atom. The van der Waals surface area contributed by atoms with Crippen molar-refractivity contribution in [3.05, 3.63) is 106 Å². The first-order valence-corrected chi connectivity index (χ1v) is 26.8. The van der Waals surface area contributed by atoms with Gasteiger partial charge in [-0.15, -0.1) is 11.6 Å². The Morgan fingerprint density at radius 1 is 0.603 bits per heavy atom. The van der Waals surface area contributed by atoms with Crippen LogP contribution in [-0.2, 0) is 26.7 Å². The zero-order valence-electron chi connectivity index (χ0n) is 47.9. The van der Waals surface area contributed by atoms with Crippen LogP contribution < -0.4 is 0 Å². The van der Waals surface area contributed by atoms with E-state index in [0.717, 1.165) is 50.6 Å². The molecule has 4 nitrogen and oxygen atoms in total. The van der Waals surface area contributed by atoms with Crippen molar-refractivity contribution in [1.82, 2.24) is 4.90 Å². The predicted octanol–water partition coefficient (Wildman–Crippen LogP) is 17.8. The second-order valence-corrected chi connectivity index (χ2v) is 27.0. The zero-order valence-corrected chi connectivity index (χ0v) is 48.6. The van der Waals surface area contributed by atoms with Gasteiger partial charge in [-0.25, -0.2) is 0 Å². The molecule has 0 radical (unpaired) electrons. The van der Waals surface area contributed by atoms with Gasteiger partial charge in [-0.1, -0.05) is 204 Å². The number of ether oxygens (including phenoxy) is 2. The van der Waals surface area contributed by atoms with Crippen molar-refractivity contribution < 1.29 is 14.3 Å². The maximum atomic E-state index is 15.2. The number of hydrogen-bond acceptors (Lipinski definition) is 4. The molecule has 0 bridgehead atoms. The van der Waals surface area contributed by atoms with Gasteiger partial charge in [0, 0.05) is 19.5 Å². The van der Waals surface area contributed by atoms with Crippen LogP contribution in [0.15, 0.2) is 72.8 Å². The third kappa shape index (κ3) is 14.1. The fourth-order valence-electron chi connectivity index (χ4n) is 11.9. The van der Waals surface area contributed by atoms with Gasteiger partial charge in [-0.05, 0) is 148 Å². The number of alkyl halides is 1. The van der Waals surface area contributed by atoms with Crippen molar-refractivity contribution in [1.29, 1.82) is 0 Å². The number of carbonyl (C=O) groups excluding carboxylic acids is 1. The standard InChI is InChI=1S/C63H102ClNO3/c1-23-62(18,42-54(55(66)68-38-37-67-22)63(19,24-2)59(12,13)40-51(57(7,8)9)48-35-31-47(32-36-48)44-65(20)21)61(16,17)53(50-28-26-25-27-45(50)3)41-58(10,11)60(14,15)52(39-56(4,5)6)49-33-29-46(43-64)30-34-49/h25-36,51-54H,23-24,37-44H2,1-22H3. The second kappa shape index (κ2) is 23.3. The normalized spacial score (nSPS) is 17.0. The fraction of sp³-hybridized carbons (Fsp3) is 0.698. The van der Waals surface area contributed by atoms with Crippen LogP contribution >= 0.6 is 11.6 Å². The molecule has 3 aromatic rings. The molecule has 0 aliphatic carbocycles. The summed E-state index contributed by atoms with van der Waals surface area (Å²) in [5, 5.41) is 0. The number of methoxy groups -OCH3 is 1. The highest BCUT2D eigenvalue weighted by atomic mass is 35.5. The Hall–Kier alpha value is -2.66. The minimum absolute atomic E-state index is 0.00422. The molecule has 0 amide bonds. The molecule has 0 heterocycles. The SMILES string of the molecule is CCC(C)(CC(C(=O)OCCOC)C(C)(CC)C(C)(C)CC(c1ccc(CN(C)C)cc1)C(C)(C)C)C(C)(C)C(CC(C)(C)C(C)(C)C(CC(C)(C)C)c1ccc(CCl)cc1)c1ccccc1C. The van der Waals surface area contributed by atoms with Gasteiger partial charge in [-0.3, -0.25) is 4.79 Å². The lowest BCUT2D eigenvalue weighted by molar-refractivity contribution is -0.165. The van der Waals surface area contributed by atoms with E-state index >= 15 is 4.79 Å². The molecule has 0 fully saturated rings. The highest BCUT2D eigenvalue weighted by Crippen LogP contribution is 2.64. The number of hydrogen-bond donors (Lipinski definition) is 0. The summed E-state index contributed by atoms with van der Waals surface area (Å²) in [5.41, 5.74) is 6.81. The second-order valence-electron chi connectivity index (χ2n) is 26.7. The third-order valence-electron chi connectivity index (χ3n) is 18.6. The van der Waals surface area contributed by atoms with Gasteiger partial charge >= 0.3 is 5.97 Å². The van der Waals surface area contributed by atoms with Gasteiger partial charge in [0.05, 0.1) is 12.5 Å². The number of carbonyl (C=O) groups is 1. The molecule has 5 heteroatoms. The van der Waals surface area contributed by atoms with Crippen LogP contribution in [0.2, 0.25) is 0 Å². The number of halogens is 1. The predicted molar refractivity (Wildman–Crippen MR) is 295 cm³/mol. The molecule has 0 aromatic heterocycles. The first-order chi connectivity index (χ1) is 31.2. The van der Waals surface area contributed by atoms with Crippen LogP contribution in [0.3, 0.4) is 0 Å². The number of aryl methyl sites for hydroxylation is 1. The van der Waals surface area contributed by atoms with Crippen LogP contribution in [0.4, 0.5) is 0 Å². The maximum absolute atomic E-state index is 15.2. The highest BCUT2D eigenvalue weighted by molar-refractivity contribution is 6.17. The summed E-state index contributed by atoms with van der Waals surface area (Å²) in [5.74, 6) is 0.893. The van der Waals surface area contributed by atoms with Crippen molar-refractivity contribution >= 4 is 17.6 Å². The maximum Gasteiger partial charge on any atom is 0.309 e. The summed E-state index contributed by atoms with van der Waals surface area (Å²) in [6, 6.07) is 27.6. The minimum atomic E-state index is -0.392. The van der Waals surface area contributed by atoms with E-state index in [2.05, 4.69) is 223 Å². The van der Waals surface area contributed by atoms with Gasteiger partial charge in [0.2, 0.25) is 0 Å². The molecule has 6 atom stereocenters. The topological polar surface area (TPSA) is 38.8 Å². The summed E-state index contributed by atoms with van der Waals surface area (Å²) < 4.78 is 11.8. The van der Waals surface area contributed by atoms with Crippen molar-refractivity contribution in [3.8, 4) is 0 Å². The summed E-state index contributed by atoms with van der Waals surface area (Å²) >= 11 is 6.32. The fourth-order valence-corrected chi connectivity index (χ4v) is 12.1. The van der Waals surface area contributed by atoms with Crippen LogP contribution in [0.1, 0.15) is 214 Å². The Labute approximate surface area is 424 Å². The van der Waals surface area contributed by atoms with Gasteiger partial charge in [0.15, 0.2) is 0 Å². The molecular weight excluding hydrogens is 854 g/mol. The Morgan fingerprint density at radius 2 is 1.12 bits per heavy atom. The van der Waals surface area contributed by atoms with Crippen molar-refractivity contribution in [3.63, 3.8) is 0 Å². The van der Waals surface area contributed by atoms with E-state index in [-0.39, 0.29) is 68.2 Å². The molecule has 3 aromatic carbocycles. The number of benzene rings is 3. The molecular formula is C63H102ClNO3. The van der Waals surface area contributed by atoms with Crippen molar-refractivity contribution in [2.45, 2.75) is 200 Å². The molecule has 0 aliphatic heterocycles. The van der Waals surface area contributed by atoms with Crippen molar-refractivity contribution in [2.75, 3.05) is 34.4 Å². The molecule has 384 valence electrons. The molecule has 3 rings (SSSR count). The first kappa shape index (κ1) is 59.6. The lowest BCUT2D eigenvalue weighted by Gasteiger charge is -2.57. The molecule has 6 unspecified atom stereocenters. The summed E-state index contributed by atoms with van der Waals surface area (Å²) in [6.45, 7) is 47.8. The smallest absolute Gasteiger partial charge is 0.309 e. The summed E-state index contributed by atoms with van der Waals surface area (Å²) in [7, 11) is 5.93. The number of esters is 1. The lowest BCUT2D eigenvalue weighted by Crippen LogP contribution is -2.51. The van der Waals surface area contributed by atoms with Gasteiger partial charge < -0.3 is 14.4 Å². The van der Waals surface area contributed by atoms with E-state index in [1.165, 1.54) is 27.8 Å². The Kier molecular flexibility index (Phi) is 20.4. The molecule has 0 spiro atoms. The van der Waals surface area contributed by atoms with Crippen LogP contribution in [0, 0.1) is 56.2 Å².